The van der Waals surface area contributed by atoms with E-state index in [1.54, 1.807) is 6.20 Å². The number of nitrogen functional groups attached to an aromatic ring is 1. The van der Waals surface area contributed by atoms with Crippen LogP contribution in [0.2, 0.25) is 0 Å². The Bertz CT molecular complexity index is 1020. The molecule has 0 spiro atoms. The van der Waals surface area contributed by atoms with Crippen molar-refractivity contribution in [3.8, 4) is 11.3 Å². The van der Waals surface area contributed by atoms with E-state index in [1.165, 1.54) is 19.3 Å². The van der Waals surface area contributed by atoms with Crippen molar-refractivity contribution >= 4 is 22.4 Å². The van der Waals surface area contributed by atoms with Crippen LogP contribution in [0.4, 0.5) is 5.69 Å². The third-order valence-corrected chi connectivity index (χ3v) is 4.77. The van der Waals surface area contributed by atoms with Crippen LogP contribution in [0, 0.1) is 0 Å². The number of imidazole rings is 1. The van der Waals surface area contributed by atoms with Gasteiger partial charge in [-0.2, -0.15) is 5.10 Å². The summed E-state index contributed by atoms with van der Waals surface area (Å²) in [6, 6.07) is 5.86. The summed E-state index contributed by atoms with van der Waals surface area (Å²) in [4.78, 5) is 12.0. The fourth-order valence-corrected chi connectivity index (χ4v) is 3.29. The van der Waals surface area contributed by atoms with Crippen LogP contribution in [-0.2, 0) is 0 Å². The second kappa shape index (κ2) is 4.55. The number of nitrogens with one attached hydrogen (secondary N) is 1. The molecular weight excluding hydrogens is 288 g/mol. The molecule has 3 N–H and O–H groups in total. The molecule has 114 valence electrons. The Morgan fingerprint density at radius 2 is 2.17 bits per heavy atom. The van der Waals surface area contributed by atoms with Crippen molar-refractivity contribution in [1.29, 1.82) is 0 Å². The Morgan fingerprint density at radius 3 is 3.00 bits per heavy atom. The van der Waals surface area contributed by atoms with Crippen molar-refractivity contribution in [3.63, 3.8) is 0 Å². The summed E-state index contributed by atoms with van der Waals surface area (Å²) in [5, 5.41) is 5.86. The Labute approximate surface area is 132 Å². The molecule has 6 nitrogen and oxygen atoms in total. The van der Waals surface area contributed by atoms with Crippen LogP contribution in [0.25, 0.3) is 27.9 Å². The number of fused-ring (bicyclic) bond motifs is 2. The molecule has 1 fully saturated rings. The van der Waals surface area contributed by atoms with Crippen molar-refractivity contribution in [1.82, 2.24) is 24.6 Å². The van der Waals surface area contributed by atoms with E-state index in [-0.39, 0.29) is 0 Å². The molecule has 1 saturated carbocycles. The molecule has 4 aromatic rings. The van der Waals surface area contributed by atoms with Gasteiger partial charge in [0.15, 0.2) is 5.65 Å². The van der Waals surface area contributed by atoms with Gasteiger partial charge in [-0.25, -0.2) is 14.5 Å². The first-order valence-electron chi connectivity index (χ1n) is 7.88. The lowest BCUT2D eigenvalue weighted by molar-refractivity contribution is 0.405. The Kier molecular flexibility index (Phi) is 2.50. The second-order valence-electron chi connectivity index (χ2n) is 6.13. The van der Waals surface area contributed by atoms with Crippen LogP contribution in [0.1, 0.15) is 30.9 Å². The van der Waals surface area contributed by atoms with Crippen molar-refractivity contribution in [2.24, 2.45) is 0 Å². The van der Waals surface area contributed by atoms with Crippen molar-refractivity contribution in [2.75, 3.05) is 5.73 Å². The first kappa shape index (κ1) is 12.6. The maximum atomic E-state index is 6.23. The zero-order chi connectivity index (χ0) is 15.4. The highest BCUT2D eigenvalue weighted by molar-refractivity contribution is 5.93. The molecule has 1 aliphatic rings. The summed E-state index contributed by atoms with van der Waals surface area (Å²) in [7, 11) is 0. The molecule has 4 heterocycles. The first-order chi connectivity index (χ1) is 11.3. The van der Waals surface area contributed by atoms with Crippen LogP contribution in [-0.4, -0.2) is 24.6 Å². The average Bonchev–Trinajstić information content (AvgIpc) is 3.10. The van der Waals surface area contributed by atoms with Gasteiger partial charge in [-0.3, -0.25) is 0 Å². The number of pyridine rings is 1. The van der Waals surface area contributed by atoms with Gasteiger partial charge < -0.3 is 10.7 Å². The molecule has 0 aromatic carbocycles. The topological polar surface area (TPSA) is 84.9 Å². The summed E-state index contributed by atoms with van der Waals surface area (Å²) in [5.41, 5.74) is 11.5. The normalized spacial score (nSPS) is 15.3. The molecular formula is C17H16N6. The van der Waals surface area contributed by atoms with Gasteiger partial charge in [0.05, 0.1) is 23.3 Å². The zero-order valence-corrected chi connectivity index (χ0v) is 12.5. The van der Waals surface area contributed by atoms with Gasteiger partial charge in [0.25, 0.3) is 0 Å². The summed E-state index contributed by atoms with van der Waals surface area (Å²) < 4.78 is 1.92. The van der Waals surface area contributed by atoms with Gasteiger partial charge in [-0.05, 0) is 31.0 Å². The van der Waals surface area contributed by atoms with Crippen molar-refractivity contribution in [2.45, 2.75) is 25.2 Å². The molecule has 0 radical (unpaired) electrons. The number of hydrogen-bond acceptors (Lipinski definition) is 4. The van der Waals surface area contributed by atoms with Gasteiger partial charge in [-0.15, -0.1) is 0 Å². The van der Waals surface area contributed by atoms with E-state index in [9.17, 15) is 0 Å². The highest BCUT2D eigenvalue weighted by atomic mass is 15.3. The monoisotopic (exact) mass is 304 g/mol. The maximum Gasteiger partial charge on any atom is 0.177 e. The third kappa shape index (κ3) is 1.78. The van der Waals surface area contributed by atoms with Crippen LogP contribution < -0.4 is 5.73 Å². The van der Waals surface area contributed by atoms with Gasteiger partial charge in [0.1, 0.15) is 5.65 Å². The molecule has 0 aliphatic heterocycles. The molecule has 0 unspecified atom stereocenters. The Morgan fingerprint density at radius 1 is 1.26 bits per heavy atom. The molecule has 0 amide bonds. The largest absolute Gasteiger partial charge is 0.396 e. The fourth-order valence-electron chi connectivity index (χ4n) is 3.29. The quantitative estimate of drug-likeness (QED) is 0.596. The van der Waals surface area contributed by atoms with E-state index in [0.717, 1.165) is 33.6 Å². The molecule has 5 rings (SSSR count). The molecule has 1 aliphatic carbocycles. The van der Waals surface area contributed by atoms with Gasteiger partial charge in [-0.1, -0.05) is 6.42 Å². The highest BCUT2D eigenvalue weighted by Crippen LogP contribution is 2.37. The summed E-state index contributed by atoms with van der Waals surface area (Å²) in [5.74, 6) is 0.553. The smallest absolute Gasteiger partial charge is 0.177 e. The lowest BCUT2D eigenvalue weighted by Gasteiger charge is -2.24. The molecule has 0 atom stereocenters. The predicted molar refractivity (Wildman–Crippen MR) is 89.1 cm³/mol. The van der Waals surface area contributed by atoms with Gasteiger partial charge in [0, 0.05) is 29.3 Å². The molecule has 6 heteroatoms. The first-order valence-corrected chi connectivity index (χ1v) is 7.88. The number of H-pyrrole nitrogens is 1. The average molecular weight is 304 g/mol. The van der Waals surface area contributed by atoms with Gasteiger partial charge in [0.2, 0.25) is 0 Å². The standard InChI is InChI=1S/C17H16N6/c18-13-7-14(12-8-20-16-11(12)5-2-6-19-16)22-23-15(9-21-17(13)23)10-3-1-4-10/h2,5-10H,1,3-4,18H2,(H,19,20). The van der Waals surface area contributed by atoms with Crippen LogP contribution >= 0.6 is 0 Å². The third-order valence-electron chi connectivity index (χ3n) is 4.77. The van der Waals surface area contributed by atoms with Gasteiger partial charge >= 0.3 is 0 Å². The maximum absolute atomic E-state index is 6.23. The summed E-state index contributed by atoms with van der Waals surface area (Å²) in [6.45, 7) is 0. The molecule has 23 heavy (non-hydrogen) atoms. The minimum atomic E-state index is 0.553. The molecule has 0 saturated heterocycles. The van der Waals surface area contributed by atoms with Crippen molar-refractivity contribution < 1.29 is 0 Å². The lowest BCUT2D eigenvalue weighted by atomic mass is 9.83. The van der Waals surface area contributed by atoms with Crippen molar-refractivity contribution in [3.05, 3.63) is 42.5 Å². The minimum Gasteiger partial charge on any atom is -0.396 e. The number of nitrogens with two attached hydrogens (primary N) is 1. The summed E-state index contributed by atoms with van der Waals surface area (Å²) in [6.07, 6.45) is 9.32. The Hall–Kier alpha value is -2.89. The number of aromatic amines is 1. The lowest BCUT2D eigenvalue weighted by Crippen LogP contribution is -2.13. The molecule has 0 bridgehead atoms. The number of rotatable bonds is 2. The van der Waals surface area contributed by atoms with E-state index in [1.807, 2.05) is 35.1 Å². The number of hydrogen-bond donors (Lipinski definition) is 2. The fraction of sp³-hybridized carbons (Fsp3) is 0.235. The van der Waals surface area contributed by atoms with E-state index < -0.39 is 0 Å². The number of nitrogens with zero attached hydrogens (tertiary/aromatic N) is 4. The number of anilines is 1. The van der Waals surface area contributed by atoms with E-state index in [2.05, 4.69) is 15.0 Å². The van der Waals surface area contributed by atoms with E-state index in [0.29, 0.717) is 11.6 Å². The number of aromatic nitrogens is 5. The SMILES string of the molecule is Nc1cc(-c2c[nH]c3ncccc23)nn2c(C3CCC3)cnc12. The second-order valence-corrected chi connectivity index (χ2v) is 6.13. The summed E-state index contributed by atoms with van der Waals surface area (Å²) >= 11 is 0. The zero-order valence-electron chi connectivity index (χ0n) is 12.5. The molecule has 4 aromatic heterocycles. The van der Waals surface area contributed by atoms with E-state index in [4.69, 9.17) is 10.8 Å². The highest BCUT2D eigenvalue weighted by Gasteiger charge is 2.24. The van der Waals surface area contributed by atoms with E-state index >= 15 is 0 Å². The van der Waals surface area contributed by atoms with Crippen LogP contribution in [0.3, 0.4) is 0 Å². The van der Waals surface area contributed by atoms with Crippen LogP contribution in [0.15, 0.2) is 36.8 Å². The Balaban J connectivity index is 1.75. The van der Waals surface area contributed by atoms with Crippen LogP contribution in [0.5, 0.6) is 0 Å². The predicted octanol–water partition coefficient (Wildman–Crippen LogP) is 3.12. The minimum absolute atomic E-state index is 0.553.